The van der Waals surface area contributed by atoms with Crippen LogP contribution in [0.15, 0.2) is 0 Å². The molecule has 1 atom stereocenters. The standard InChI is InChI=1S/C10H19NO3/c12-7-3-1-2-4-10(9(13)14)5-6-11-8-10/h11-12H,1-8H2,(H,13,14). The predicted molar refractivity (Wildman–Crippen MR) is 53.1 cm³/mol. The highest BCUT2D eigenvalue weighted by atomic mass is 16.4. The van der Waals surface area contributed by atoms with Crippen molar-refractivity contribution in [1.82, 2.24) is 5.32 Å². The Morgan fingerprint density at radius 3 is 2.64 bits per heavy atom. The molecule has 1 heterocycles. The number of carbonyl (C=O) groups is 1. The van der Waals surface area contributed by atoms with Crippen LogP contribution in [0.25, 0.3) is 0 Å². The Bertz CT molecular complexity index is 188. The van der Waals surface area contributed by atoms with E-state index in [1.165, 1.54) is 0 Å². The number of unbranched alkanes of at least 4 members (excludes halogenated alkanes) is 2. The summed E-state index contributed by atoms with van der Waals surface area (Å²) in [7, 11) is 0. The number of hydrogen-bond acceptors (Lipinski definition) is 3. The highest BCUT2D eigenvalue weighted by Gasteiger charge is 2.40. The maximum absolute atomic E-state index is 11.1. The monoisotopic (exact) mass is 201 g/mol. The van der Waals surface area contributed by atoms with Gasteiger partial charge in [0.15, 0.2) is 0 Å². The largest absolute Gasteiger partial charge is 0.481 e. The molecular weight excluding hydrogens is 182 g/mol. The Balaban J connectivity index is 2.33. The molecule has 0 aliphatic carbocycles. The van der Waals surface area contributed by atoms with E-state index in [-0.39, 0.29) is 6.61 Å². The predicted octanol–water partition coefficient (Wildman–Crippen LogP) is 0.603. The zero-order valence-corrected chi connectivity index (χ0v) is 8.46. The first kappa shape index (κ1) is 11.5. The molecule has 1 fully saturated rings. The highest BCUT2D eigenvalue weighted by molar-refractivity contribution is 5.75. The van der Waals surface area contributed by atoms with Gasteiger partial charge in [-0.15, -0.1) is 0 Å². The number of hydrogen-bond donors (Lipinski definition) is 3. The van der Waals surface area contributed by atoms with Gasteiger partial charge in [0, 0.05) is 13.2 Å². The van der Waals surface area contributed by atoms with Crippen LogP contribution in [0, 0.1) is 5.41 Å². The van der Waals surface area contributed by atoms with Crippen LogP contribution in [0.4, 0.5) is 0 Å². The molecule has 0 saturated carbocycles. The first-order chi connectivity index (χ1) is 6.71. The third-order valence-corrected chi connectivity index (χ3v) is 3.01. The lowest BCUT2D eigenvalue weighted by molar-refractivity contribution is -0.148. The molecule has 0 amide bonds. The quantitative estimate of drug-likeness (QED) is 0.550. The zero-order chi connectivity index (χ0) is 10.4. The topological polar surface area (TPSA) is 69.6 Å². The molecule has 0 radical (unpaired) electrons. The van der Waals surface area contributed by atoms with Crippen LogP contribution in [0.1, 0.15) is 32.1 Å². The Morgan fingerprint density at radius 1 is 1.36 bits per heavy atom. The molecule has 0 aromatic heterocycles. The minimum Gasteiger partial charge on any atom is -0.481 e. The second kappa shape index (κ2) is 5.32. The van der Waals surface area contributed by atoms with Gasteiger partial charge >= 0.3 is 5.97 Å². The van der Waals surface area contributed by atoms with E-state index in [2.05, 4.69) is 5.32 Å². The number of carboxylic acids is 1. The fourth-order valence-corrected chi connectivity index (χ4v) is 2.00. The van der Waals surface area contributed by atoms with E-state index < -0.39 is 11.4 Å². The van der Waals surface area contributed by atoms with Crippen LogP contribution in [-0.2, 0) is 4.79 Å². The molecule has 0 bridgehead atoms. The molecule has 1 unspecified atom stereocenters. The molecule has 1 aliphatic rings. The Kier molecular flexibility index (Phi) is 4.35. The summed E-state index contributed by atoms with van der Waals surface area (Å²) >= 11 is 0. The van der Waals surface area contributed by atoms with Crippen molar-refractivity contribution >= 4 is 5.97 Å². The molecule has 82 valence electrons. The minimum absolute atomic E-state index is 0.207. The maximum Gasteiger partial charge on any atom is 0.310 e. The summed E-state index contributed by atoms with van der Waals surface area (Å²) < 4.78 is 0. The normalized spacial score (nSPS) is 26.6. The zero-order valence-electron chi connectivity index (χ0n) is 8.46. The van der Waals surface area contributed by atoms with E-state index in [1.807, 2.05) is 0 Å². The van der Waals surface area contributed by atoms with Crippen molar-refractivity contribution in [3.8, 4) is 0 Å². The minimum atomic E-state index is -0.675. The van der Waals surface area contributed by atoms with E-state index in [9.17, 15) is 4.79 Å². The van der Waals surface area contributed by atoms with Gasteiger partial charge in [-0.25, -0.2) is 0 Å². The lowest BCUT2D eigenvalue weighted by Gasteiger charge is -2.22. The van der Waals surface area contributed by atoms with Crippen LogP contribution in [0.5, 0.6) is 0 Å². The van der Waals surface area contributed by atoms with Crippen LogP contribution in [0.2, 0.25) is 0 Å². The second-order valence-electron chi connectivity index (χ2n) is 4.05. The third kappa shape index (κ3) is 2.69. The van der Waals surface area contributed by atoms with E-state index in [1.54, 1.807) is 0 Å². The summed E-state index contributed by atoms with van der Waals surface area (Å²) in [4.78, 5) is 11.1. The van der Waals surface area contributed by atoms with E-state index in [4.69, 9.17) is 10.2 Å². The van der Waals surface area contributed by atoms with Crippen molar-refractivity contribution in [2.45, 2.75) is 32.1 Å². The fourth-order valence-electron chi connectivity index (χ4n) is 2.00. The van der Waals surface area contributed by atoms with Gasteiger partial charge in [0.2, 0.25) is 0 Å². The molecule has 3 N–H and O–H groups in total. The summed E-state index contributed by atoms with van der Waals surface area (Å²) in [6.45, 7) is 1.62. The van der Waals surface area contributed by atoms with E-state index in [0.717, 1.165) is 38.6 Å². The molecule has 1 aliphatic heterocycles. The molecule has 0 spiro atoms. The molecule has 4 nitrogen and oxygen atoms in total. The number of rotatable bonds is 6. The molecular formula is C10H19NO3. The first-order valence-electron chi connectivity index (χ1n) is 5.26. The maximum atomic E-state index is 11.1. The van der Waals surface area contributed by atoms with Crippen molar-refractivity contribution in [3.63, 3.8) is 0 Å². The van der Waals surface area contributed by atoms with Crippen LogP contribution < -0.4 is 5.32 Å². The van der Waals surface area contributed by atoms with E-state index >= 15 is 0 Å². The van der Waals surface area contributed by atoms with Crippen LogP contribution in [-0.4, -0.2) is 35.9 Å². The number of aliphatic carboxylic acids is 1. The van der Waals surface area contributed by atoms with Crippen molar-refractivity contribution in [2.24, 2.45) is 5.41 Å². The lowest BCUT2D eigenvalue weighted by atomic mass is 9.82. The van der Waals surface area contributed by atoms with Crippen molar-refractivity contribution in [3.05, 3.63) is 0 Å². The summed E-state index contributed by atoms with van der Waals surface area (Å²) in [5.74, 6) is -0.675. The van der Waals surface area contributed by atoms with Crippen LogP contribution in [0.3, 0.4) is 0 Å². The average molecular weight is 201 g/mol. The number of nitrogens with one attached hydrogen (secondary N) is 1. The number of carboxylic acid groups (broad SMARTS) is 1. The Morgan fingerprint density at radius 2 is 2.14 bits per heavy atom. The van der Waals surface area contributed by atoms with E-state index in [0.29, 0.717) is 6.54 Å². The number of aliphatic hydroxyl groups is 1. The molecule has 1 saturated heterocycles. The van der Waals surface area contributed by atoms with Crippen molar-refractivity contribution in [1.29, 1.82) is 0 Å². The van der Waals surface area contributed by atoms with Gasteiger partial charge in [0.1, 0.15) is 0 Å². The fraction of sp³-hybridized carbons (Fsp3) is 0.900. The SMILES string of the molecule is O=C(O)C1(CCCCCO)CCNC1. The first-order valence-corrected chi connectivity index (χ1v) is 5.26. The highest BCUT2D eigenvalue weighted by Crippen LogP contribution is 2.31. The summed E-state index contributed by atoms with van der Waals surface area (Å²) in [5, 5.41) is 20.8. The smallest absolute Gasteiger partial charge is 0.310 e. The Labute approximate surface area is 84.3 Å². The summed E-state index contributed by atoms with van der Waals surface area (Å²) in [6, 6.07) is 0. The molecule has 14 heavy (non-hydrogen) atoms. The van der Waals surface area contributed by atoms with Gasteiger partial charge in [0.25, 0.3) is 0 Å². The summed E-state index contributed by atoms with van der Waals surface area (Å²) in [6.07, 6.45) is 4.07. The second-order valence-corrected chi connectivity index (χ2v) is 4.05. The van der Waals surface area contributed by atoms with Gasteiger partial charge in [-0.3, -0.25) is 4.79 Å². The Hall–Kier alpha value is -0.610. The molecule has 0 aromatic carbocycles. The van der Waals surface area contributed by atoms with Gasteiger partial charge in [0.05, 0.1) is 5.41 Å². The van der Waals surface area contributed by atoms with Crippen LogP contribution >= 0.6 is 0 Å². The molecule has 4 heteroatoms. The van der Waals surface area contributed by atoms with Gasteiger partial charge < -0.3 is 15.5 Å². The summed E-state index contributed by atoms with van der Waals surface area (Å²) in [5.41, 5.74) is -0.532. The van der Waals surface area contributed by atoms with Crippen molar-refractivity contribution < 1.29 is 15.0 Å². The van der Waals surface area contributed by atoms with Crippen molar-refractivity contribution in [2.75, 3.05) is 19.7 Å². The third-order valence-electron chi connectivity index (χ3n) is 3.01. The molecule has 1 rings (SSSR count). The lowest BCUT2D eigenvalue weighted by Crippen LogP contribution is -2.33. The van der Waals surface area contributed by atoms with Gasteiger partial charge in [-0.1, -0.05) is 12.8 Å². The van der Waals surface area contributed by atoms with Gasteiger partial charge in [-0.2, -0.15) is 0 Å². The van der Waals surface area contributed by atoms with Gasteiger partial charge in [-0.05, 0) is 25.8 Å². The molecule has 0 aromatic rings. The number of aliphatic hydroxyl groups excluding tert-OH is 1. The average Bonchev–Trinajstić information content (AvgIpc) is 2.62.